The van der Waals surface area contributed by atoms with Crippen molar-refractivity contribution in [2.75, 3.05) is 0 Å². The molecule has 6 nitrogen and oxygen atoms in total. The van der Waals surface area contributed by atoms with Gasteiger partial charge in [0.05, 0.1) is 0 Å². The first-order valence-electron chi connectivity index (χ1n) is 20.1. The number of hydrogen-bond acceptors (Lipinski definition) is 6. The molecule has 10 aromatic rings. The average Bonchev–Trinajstić information content (AvgIpc) is 3.35. The number of halogens is 2. The normalized spacial score (nSPS) is 11.1. The lowest BCUT2D eigenvalue weighted by Crippen LogP contribution is -2.01. The van der Waals surface area contributed by atoms with Crippen molar-refractivity contribution >= 4 is 0 Å². The summed E-state index contributed by atoms with van der Waals surface area (Å²) < 4.78 is 32.5. The molecule has 62 heavy (non-hydrogen) atoms. The Morgan fingerprint density at radius 3 is 0.710 bits per heavy atom. The zero-order valence-electron chi connectivity index (χ0n) is 33.1. The van der Waals surface area contributed by atoms with Crippen molar-refractivity contribution in [2.45, 2.75) is 0 Å². The van der Waals surface area contributed by atoms with Gasteiger partial charge in [0.1, 0.15) is 11.6 Å². The summed E-state index contributed by atoms with van der Waals surface area (Å²) in [5, 5.41) is 0. The molecule has 0 bridgehead atoms. The van der Waals surface area contributed by atoms with Crippen LogP contribution in [-0.4, -0.2) is 29.9 Å². The van der Waals surface area contributed by atoms with E-state index in [4.69, 9.17) is 29.9 Å². The summed E-state index contributed by atoms with van der Waals surface area (Å²) in [6.07, 6.45) is 0. The first-order valence-corrected chi connectivity index (χ1v) is 20.1. The van der Waals surface area contributed by atoms with Gasteiger partial charge in [-0.1, -0.05) is 170 Å². The number of benzene rings is 8. The third kappa shape index (κ3) is 7.64. The van der Waals surface area contributed by atoms with Gasteiger partial charge < -0.3 is 0 Å². The summed E-state index contributed by atoms with van der Waals surface area (Å²) in [4.78, 5) is 29.2. The second kappa shape index (κ2) is 16.7. The Kier molecular flexibility index (Phi) is 10.2. The van der Waals surface area contributed by atoms with Crippen LogP contribution in [-0.2, 0) is 0 Å². The Labute approximate surface area is 357 Å². The first-order chi connectivity index (χ1) is 30.6. The molecule has 0 fully saturated rings. The van der Waals surface area contributed by atoms with E-state index in [0.717, 1.165) is 22.3 Å². The highest BCUT2D eigenvalue weighted by Gasteiger charge is 2.20. The van der Waals surface area contributed by atoms with Crippen LogP contribution in [0.3, 0.4) is 0 Å². The first kappa shape index (κ1) is 37.9. The maximum Gasteiger partial charge on any atom is 0.164 e. The molecule has 0 aliphatic heterocycles. The minimum absolute atomic E-state index is 0.345. The van der Waals surface area contributed by atoms with Gasteiger partial charge in [-0.2, -0.15) is 0 Å². The van der Waals surface area contributed by atoms with Gasteiger partial charge in [-0.05, 0) is 58.7 Å². The molecular formula is C54H34F2N6. The summed E-state index contributed by atoms with van der Waals surface area (Å²) in [6.45, 7) is 0. The zero-order chi connectivity index (χ0) is 41.8. The smallest absolute Gasteiger partial charge is 0.164 e. The minimum Gasteiger partial charge on any atom is -0.208 e. The van der Waals surface area contributed by atoms with Crippen LogP contribution in [0.1, 0.15) is 0 Å². The molecule has 0 N–H and O–H groups in total. The molecule has 2 aromatic heterocycles. The van der Waals surface area contributed by atoms with Crippen molar-refractivity contribution in [3.8, 4) is 102 Å². The summed E-state index contributed by atoms with van der Waals surface area (Å²) in [6, 6.07) is 63.7. The van der Waals surface area contributed by atoms with Crippen molar-refractivity contribution in [3.63, 3.8) is 0 Å². The lowest BCUT2D eigenvalue weighted by atomic mass is 9.88. The number of hydrogen-bond donors (Lipinski definition) is 0. The van der Waals surface area contributed by atoms with Crippen molar-refractivity contribution in [1.29, 1.82) is 0 Å². The molecular weight excluding hydrogens is 771 g/mol. The highest BCUT2D eigenvalue weighted by Crippen LogP contribution is 2.41. The van der Waals surface area contributed by atoms with Crippen molar-refractivity contribution in [2.24, 2.45) is 0 Å². The summed E-state index contributed by atoms with van der Waals surface area (Å²) >= 11 is 0. The van der Waals surface area contributed by atoms with Gasteiger partial charge in [0.2, 0.25) is 0 Å². The van der Waals surface area contributed by atoms with Crippen molar-refractivity contribution in [1.82, 2.24) is 29.9 Å². The van der Waals surface area contributed by atoms with E-state index in [2.05, 4.69) is 0 Å². The van der Waals surface area contributed by atoms with Gasteiger partial charge in [0.25, 0.3) is 0 Å². The van der Waals surface area contributed by atoms with Gasteiger partial charge in [-0.25, -0.2) is 38.7 Å². The third-order valence-electron chi connectivity index (χ3n) is 10.6. The Hall–Kier alpha value is -8.36. The molecule has 0 spiro atoms. The molecule has 294 valence electrons. The highest BCUT2D eigenvalue weighted by atomic mass is 19.1. The molecule has 0 amide bonds. The Morgan fingerprint density at radius 1 is 0.210 bits per heavy atom. The lowest BCUT2D eigenvalue weighted by Gasteiger charge is -2.17. The monoisotopic (exact) mass is 804 g/mol. The van der Waals surface area contributed by atoms with Crippen molar-refractivity contribution < 1.29 is 8.78 Å². The second-order valence-corrected chi connectivity index (χ2v) is 14.6. The molecule has 0 saturated carbocycles. The fourth-order valence-electron chi connectivity index (χ4n) is 7.52. The van der Waals surface area contributed by atoms with Crippen LogP contribution >= 0.6 is 0 Å². The molecule has 0 unspecified atom stereocenters. The van der Waals surface area contributed by atoms with Crippen LogP contribution in [0.2, 0.25) is 0 Å². The molecule has 0 saturated heterocycles. The predicted octanol–water partition coefficient (Wildman–Crippen LogP) is 13.3. The van der Waals surface area contributed by atoms with Gasteiger partial charge in [0.15, 0.2) is 34.9 Å². The Balaban J connectivity index is 1.08. The molecule has 0 aliphatic rings. The van der Waals surface area contributed by atoms with E-state index >= 15 is 8.78 Å². The van der Waals surface area contributed by atoms with Gasteiger partial charge >= 0.3 is 0 Å². The number of nitrogens with zero attached hydrogens (tertiary/aromatic N) is 6. The summed E-state index contributed by atoms with van der Waals surface area (Å²) in [7, 11) is 0. The van der Waals surface area contributed by atoms with E-state index in [0.29, 0.717) is 79.5 Å². The van der Waals surface area contributed by atoms with E-state index in [1.54, 1.807) is 24.3 Å². The van der Waals surface area contributed by atoms with E-state index in [1.807, 2.05) is 170 Å². The standard InChI is InChI=1S/C54H34F2N6/c55-47-31-29-39(53-59-49(35-17-5-1-6-18-35)57-50(60-53)36-19-7-2-8-20-36)33-45(47)43-27-15-13-25-41(43)42-26-14-16-28-44(42)46-34-40(30-32-48(46)56)54-61-51(37-21-9-3-10-22-37)58-52(62-54)38-23-11-4-12-24-38/h1-34H. The fraction of sp³-hybridized carbons (Fsp3) is 0. The van der Waals surface area contributed by atoms with Crippen LogP contribution in [0.15, 0.2) is 206 Å². The van der Waals surface area contributed by atoms with Crippen LogP contribution in [0.5, 0.6) is 0 Å². The molecule has 0 atom stereocenters. The highest BCUT2D eigenvalue weighted by molar-refractivity contribution is 5.93. The average molecular weight is 805 g/mol. The fourth-order valence-corrected chi connectivity index (χ4v) is 7.52. The van der Waals surface area contributed by atoms with Gasteiger partial charge in [0, 0.05) is 44.5 Å². The van der Waals surface area contributed by atoms with Crippen LogP contribution in [0, 0.1) is 11.6 Å². The third-order valence-corrected chi connectivity index (χ3v) is 10.6. The maximum atomic E-state index is 16.3. The van der Waals surface area contributed by atoms with Crippen LogP contribution in [0.25, 0.3) is 102 Å². The van der Waals surface area contributed by atoms with Crippen LogP contribution in [0.4, 0.5) is 8.78 Å². The van der Waals surface area contributed by atoms with E-state index < -0.39 is 11.6 Å². The lowest BCUT2D eigenvalue weighted by molar-refractivity contribution is 0.631. The molecule has 2 heterocycles. The van der Waals surface area contributed by atoms with E-state index in [9.17, 15) is 0 Å². The number of aromatic nitrogens is 6. The Bertz CT molecular complexity index is 2870. The van der Waals surface area contributed by atoms with Gasteiger partial charge in [-0.3, -0.25) is 0 Å². The molecule has 10 rings (SSSR count). The minimum atomic E-state index is -0.425. The molecule has 8 heteroatoms. The molecule has 0 radical (unpaired) electrons. The molecule has 0 aliphatic carbocycles. The Morgan fingerprint density at radius 2 is 0.435 bits per heavy atom. The quantitative estimate of drug-likeness (QED) is 0.145. The van der Waals surface area contributed by atoms with E-state index in [1.165, 1.54) is 12.1 Å². The van der Waals surface area contributed by atoms with Crippen molar-refractivity contribution in [3.05, 3.63) is 218 Å². The zero-order valence-corrected chi connectivity index (χ0v) is 33.1. The summed E-state index contributed by atoms with van der Waals surface area (Å²) in [5.74, 6) is 1.97. The van der Waals surface area contributed by atoms with E-state index in [-0.39, 0.29) is 0 Å². The number of rotatable bonds is 9. The van der Waals surface area contributed by atoms with Crippen LogP contribution < -0.4 is 0 Å². The SMILES string of the molecule is Fc1ccc(-c2nc(-c3ccccc3)nc(-c3ccccc3)n2)cc1-c1ccccc1-c1ccccc1-c1cc(-c2nc(-c3ccccc3)nc(-c3ccccc3)n2)ccc1F. The largest absolute Gasteiger partial charge is 0.208 e. The maximum absolute atomic E-state index is 16.3. The summed E-state index contributed by atoms with van der Waals surface area (Å²) in [5.41, 5.74) is 7.91. The van der Waals surface area contributed by atoms with Gasteiger partial charge in [-0.15, -0.1) is 0 Å². The predicted molar refractivity (Wildman–Crippen MR) is 242 cm³/mol. The molecule has 8 aromatic carbocycles. The topological polar surface area (TPSA) is 77.3 Å². The second-order valence-electron chi connectivity index (χ2n) is 14.6.